The Kier molecular flexibility index (Phi) is 7.13. The fourth-order valence-electron chi connectivity index (χ4n) is 4.46. The number of methoxy groups -OCH3 is 1. The lowest BCUT2D eigenvalue weighted by Crippen LogP contribution is -2.44. The summed E-state index contributed by atoms with van der Waals surface area (Å²) in [4.78, 5) is 31.9. The number of nitrogens with one attached hydrogen (secondary N) is 1. The largest absolute Gasteiger partial charge is 0.495 e. The van der Waals surface area contributed by atoms with Gasteiger partial charge in [0.2, 0.25) is 0 Å². The molecule has 0 radical (unpaired) electrons. The summed E-state index contributed by atoms with van der Waals surface area (Å²) < 4.78 is 18.7. The topological polar surface area (TPSA) is 65.1 Å². The number of nitrogens with zero attached hydrogens (tertiary/aromatic N) is 3. The van der Waals surface area contributed by atoms with Gasteiger partial charge in [0.1, 0.15) is 11.6 Å². The average molecular weight is 455 g/mol. The number of likely N-dealkylation sites (tertiary alicyclic amines) is 1. The molecule has 2 aliphatic heterocycles. The molecule has 0 atom stereocenters. The summed E-state index contributed by atoms with van der Waals surface area (Å²) in [6.07, 6.45) is 1.19. The molecule has 2 aromatic carbocycles. The van der Waals surface area contributed by atoms with Gasteiger partial charge in [0.05, 0.1) is 12.8 Å². The van der Waals surface area contributed by atoms with Gasteiger partial charge in [0.25, 0.3) is 0 Å². The van der Waals surface area contributed by atoms with Crippen LogP contribution in [0.2, 0.25) is 0 Å². The zero-order valence-electron chi connectivity index (χ0n) is 19.2. The highest BCUT2D eigenvalue weighted by Gasteiger charge is 2.28. The van der Waals surface area contributed by atoms with Gasteiger partial charge >= 0.3 is 6.03 Å². The van der Waals surface area contributed by atoms with Crippen molar-refractivity contribution in [3.63, 3.8) is 0 Å². The van der Waals surface area contributed by atoms with Crippen LogP contribution in [0.4, 0.5) is 20.6 Å². The van der Waals surface area contributed by atoms with Gasteiger partial charge in [0, 0.05) is 56.4 Å². The number of urea groups is 1. The second-order valence-electron chi connectivity index (χ2n) is 8.74. The maximum Gasteiger partial charge on any atom is 0.321 e. The van der Waals surface area contributed by atoms with E-state index in [0.717, 1.165) is 43.3 Å². The zero-order chi connectivity index (χ0) is 23.4. The second kappa shape index (κ2) is 10.2. The normalized spacial score (nSPS) is 17.7. The first-order valence-electron chi connectivity index (χ1n) is 11.4. The van der Waals surface area contributed by atoms with Crippen LogP contribution < -0.4 is 15.0 Å². The summed E-state index contributed by atoms with van der Waals surface area (Å²) in [7, 11) is 3.77. The van der Waals surface area contributed by atoms with E-state index >= 15 is 0 Å². The predicted molar refractivity (Wildman–Crippen MR) is 127 cm³/mol. The van der Waals surface area contributed by atoms with Crippen LogP contribution in [0.3, 0.4) is 0 Å². The van der Waals surface area contributed by atoms with Gasteiger partial charge in [-0.3, -0.25) is 4.79 Å². The Morgan fingerprint density at radius 2 is 1.64 bits per heavy atom. The van der Waals surface area contributed by atoms with E-state index in [1.807, 2.05) is 18.2 Å². The summed E-state index contributed by atoms with van der Waals surface area (Å²) in [6.45, 7) is 4.77. The molecule has 0 aromatic heterocycles. The Morgan fingerprint density at radius 1 is 0.970 bits per heavy atom. The molecule has 4 rings (SSSR count). The number of amides is 2. The third kappa shape index (κ3) is 5.45. The van der Waals surface area contributed by atoms with Crippen molar-refractivity contribution in [1.29, 1.82) is 0 Å². The van der Waals surface area contributed by atoms with Crippen LogP contribution in [0.15, 0.2) is 42.5 Å². The minimum Gasteiger partial charge on any atom is -0.495 e. The standard InChI is InChI=1S/C25H31FN4O3/c1-28-13-15-29(16-14-28)22-17-21(7-8-23(22)33-2)27-25(32)30-11-9-19(10-12-30)24(31)18-3-5-20(26)6-4-18/h3-8,17,19H,9-16H2,1-2H3,(H,27,32). The third-order valence-corrected chi connectivity index (χ3v) is 6.56. The van der Waals surface area contributed by atoms with Crippen molar-refractivity contribution in [2.24, 2.45) is 5.92 Å². The number of piperazine rings is 1. The average Bonchev–Trinajstić information content (AvgIpc) is 2.84. The summed E-state index contributed by atoms with van der Waals surface area (Å²) >= 11 is 0. The van der Waals surface area contributed by atoms with Crippen LogP contribution in [0.5, 0.6) is 5.75 Å². The number of anilines is 2. The molecule has 0 spiro atoms. The highest BCUT2D eigenvalue weighted by Crippen LogP contribution is 2.32. The Balaban J connectivity index is 1.35. The van der Waals surface area contributed by atoms with Crippen molar-refractivity contribution in [1.82, 2.24) is 9.80 Å². The first kappa shape index (κ1) is 23.0. The van der Waals surface area contributed by atoms with Gasteiger partial charge in [-0.1, -0.05) is 0 Å². The summed E-state index contributed by atoms with van der Waals surface area (Å²) in [5.74, 6) is 0.302. The highest BCUT2D eigenvalue weighted by molar-refractivity contribution is 5.98. The molecule has 1 N–H and O–H groups in total. The Hall–Kier alpha value is -3.13. The number of carbonyl (C=O) groups is 2. The van der Waals surface area contributed by atoms with E-state index in [1.54, 1.807) is 12.0 Å². The Bertz CT molecular complexity index is 982. The molecule has 2 heterocycles. The molecular weight excluding hydrogens is 423 g/mol. The molecule has 0 saturated carbocycles. The lowest BCUT2D eigenvalue weighted by Gasteiger charge is -2.35. The molecule has 7 nitrogen and oxygen atoms in total. The van der Waals surface area contributed by atoms with E-state index in [9.17, 15) is 14.0 Å². The molecule has 2 aliphatic rings. The number of ether oxygens (including phenoxy) is 1. The van der Waals surface area contributed by atoms with Crippen molar-refractivity contribution in [3.05, 3.63) is 53.8 Å². The number of rotatable bonds is 5. The minimum atomic E-state index is -0.354. The number of benzene rings is 2. The summed E-state index contributed by atoms with van der Waals surface area (Å²) in [5, 5.41) is 3.00. The van der Waals surface area contributed by atoms with Crippen LogP contribution in [-0.4, -0.2) is 75.0 Å². The van der Waals surface area contributed by atoms with Crippen LogP contribution in [0.25, 0.3) is 0 Å². The number of likely N-dealkylation sites (N-methyl/N-ethyl adjacent to an activating group) is 1. The van der Waals surface area contributed by atoms with E-state index in [1.165, 1.54) is 24.3 Å². The smallest absolute Gasteiger partial charge is 0.321 e. The van der Waals surface area contributed by atoms with Crippen LogP contribution in [0, 0.1) is 11.7 Å². The molecular formula is C25H31FN4O3. The van der Waals surface area contributed by atoms with Crippen LogP contribution in [0.1, 0.15) is 23.2 Å². The van der Waals surface area contributed by atoms with Crippen LogP contribution >= 0.6 is 0 Å². The first-order chi connectivity index (χ1) is 15.9. The molecule has 2 saturated heterocycles. The number of ketones is 1. The van der Waals surface area contributed by atoms with Gasteiger partial charge in [-0.25, -0.2) is 9.18 Å². The van der Waals surface area contributed by atoms with Gasteiger partial charge in [-0.15, -0.1) is 0 Å². The van der Waals surface area contributed by atoms with Crippen molar-refractivity contribution in [2.45, 2.75) is 12.8 Å². The summed E-state index contributed by atoms with van der Waals surface area (Å²) in [6, 6.07) is 11.2. The first-order valence-corrected chi connectivity index (χ1v) is 11.4. The van der Waals surface area contributed by atoms with Gasteiger partial charge < -0.3 is 24.8 Å². The third-order valence-electron chi connectivity index (χ3n) is 6.56. The number of carbonyl (C=O) groups excluding carboxylic acids is 2. The van der Waals surface area contributed by atoms with Gasteiger partial charge in [-0.2, -0.15) is 0 Å². The lowest BCUT2D eigenvalue weighted by atomic mass is 9.89. The Labute approximate surface area is 194 Å². The van der Waals surface area contributed by atoms with Crippen molar-refractivity contribution < 1.29 is 18.7 Å². The quantitative estimate of drug-likeness (QED) is 0.698. The number of piperidine rings is 1. The number of halogens is 1. The monoisotopic (exact) mass is 454 g/mol. The Morgan fingerprint density at radius 3 is 2.27 bits per heavy atom. The minimum absolute atomic E-state index is 0.0158. The molecule has 0 bridgehead atoms. The van der Waals surface area contributed by atoms with E-state index in [2.05, 4.69) is 22.2 Å². The molecule has 176 valence electrons. The highest BCUT2D eigenvalue weighted by atomic mass is 19.1. The van der Waals surface area contributed by atoms with E-state index < -0.39 is 0 Å². The van der Waals surface area contributed by atoms with Crippen molar-refractivity contribution in [3.8, 4) is 5.75 Å². The molecule has 0 aliphatic carbocycles. The zero-order valence-corrected chi connectivity index (χ0v) is 19.2. The number of hydrogen-bond acceptors (Lipinski definition) is 5. The fourth-order valence-corrected chi connectivity index (χ4v) is 4.46. The summed E-state index contributed by atoms with van der Waals surface area (Å²) in [5.41, 5.74) is 2.22. The van der Waals surface area contributed by atoms with Gasteiger partial charge in [0.15, 0.2) is 5.78 Å². The van der Waals surface area contributed by atoms with Crippen molar-refractivity contribution in [2.75, 3.05) is 63.6 Å². The van der Waals surface area contributed by atoms with E-state index in [4.69, 9.17) is 4.74 Å². The maximum absolute atomic E-state index is 13.1. The molecule has 8 heteroatoms. The molecule has 2 amide bonds. The predicted octanol–water partition coefficient (Wildman–Crippen LogP) is 3.71. The molecule has 2 fully saturated rings. The number of hydrogen-bond donors (Lipinski definition) is 1. The lowest BCUT2D eigenvalue weighted by molar-refractivity contribution is 0.0859. The van der Waals surface area contributed by atoms with E-state index in [-0.39, 0.29) is 23.5 Å². The van der Waals surface area contributed by atoms with Crippen LogP contribution in [-0.2, 0) is 0 Å². The molecule has 0 unspecified atom stereocenters. The fraction of sp³-hybridized carbons (Fsp3) is 0.440. The van der Waals surface area contributed by atoms with Gasteiger partial charge in [-0.05, 0) is 62.4 Å². The van der Waals surface area contributed by atoms with E-state index in [0.29, 0.717) is 31.5 Å². The second-order valence-corrected chi connectivity index (χ2v) is 8.74. The maximum atomic E-state index is 13.1. The SMILES string of the molecule is COc1ccc(NC(=O)N2CCC(C(=O)c3ccc(F)cc3)CC2)cc1N1CCN(C)CC1. The number of Topliss-reactive ketones (excluding diaryl/α,β-unsaturated/α-hetero) is 1. The molecule has 2 aromatic rings. The van der Waals surface area contributed by atoms with Crippen molar-refractivity contribution >= 4 is 23.2 Å². The molecule has 33 heavy (non-hydrogen) atoms.